The molecule has 0 N–H and O–H groups in total. The molecule has 0 saturated carbocycles. The Bertz CT molecular complexity index is 1450. The van der Waals surface area contributed by atoms with Crippen molar-refractivity contribution in [3.8, 4) is 22.3 Å². The minimum absolute atomic E-state index is 0. The molecule has 4 heteroatoms. The van der Waals surface area contributed by atoms with E-state index in [4.69, 9.17) is 22.2 Å². The first-order valence-corrected chi connectivity index (χ1v) is 17.5. The molecule has 0 aliphatic rings. The molecule has 0 aliphatic heterocycles. The van der Waals surface area contributed by atoms with E-state index in [0.29, 0.717) is 0 Å². The Labute approximate surface area is 256 Å². The second kappa shape index (κ2) is 13.7. The summed E-state index contributed by atoms with van der Waals surface area (Å²) in [5.41, 5.74) is 7.89. The van der Waals surface area contributed by atoms with Crippen molar-refractivity contribution in [1.29, 1.82) is 0 Å². The molecule has 0 bridgehead atoms. The number of benzene rings is 4. The van der Waals surface area contributed by atoms with Crippen LogP contribution in [0.3, 0.4) is 0 Å². The first-order valence-electron chi connectivity index (χ1n) is 12.5. The van der Waals surface area contributed by atoms with Gasteiger partial charge in [0, 0.05) is 0 Å². The van der Waals surface area contributed by atoms with Crippen LogP contribution in [-0.2, 0) is 26.2 Å². The molecule has 0 aliphatic carbocycles. The van der Waals surface area contributed by atoms with Gasteiger partial charge in [0.2, 0.25) is 6.69 Å². The molecule has 0 aromatic heterocycles. The van der Waals surface area contributed by atoms with Crippen LogP contribution < -0.4 is 0 Å². The Balaban J connectivity index is 0.000000176. The van der Waals surface area contributed by atoms with Gasteiger partial charge in [-0.3, -0.25) is 0 Å². The first-order chi connectivity index (χ1) is 17.7. The monoisotopic (exact) mass is 628 g/mol. The predicted octanol–water partition coefficient (Wildman–Crippen LogP) is 11.2. The van der Waals surface area contributed by atoms with Crippen LogP contribution in [0.5, 0.6) is 0 Å². The number of hydrogen-bond acceptors (Lipinski definition) is 0. The Hall–Kier alpha value is -2.22. The molecule has 0 amide bonds. The van der Waals surface area contributed by atoms with E-state index in [9.17, 15) is 0 Å². The summed E-state index contributed by atoms with van der Waals surface area (Å²) in [7, 11) is 0. The molecular formula is C34H32Cl2SiZr. The second-order valence-electron chi connectivity index (χ2n) is 9.74. The topological polar surface area (TPSA) is 0 Å². The van der Waals surface area contributed by atoms with E-state index >= 15 is 0 Å². The smallest absolute Gasteiger partial charge is 0.165 e. The maximum Gasteiger partial charge on any atom is 2.00 e. The van der Waals surface area contributed by atoms with Crippen LogP contribution in [0.4, 0.5) is 0 Å². The Kier molecular flexibility index (Phi) is 10.9. The van der Waals surface area contributed by atoms with Crippen LogP contribution in [0, 0.1) is 13.8 Å². The fraction of sp³-hybridized carbons (Fsp3) is 0.118. The molecule has 0 nitrogen and oxygen atoms in total. The molecule has 38 heavy (non-hydrogen) atoms. The van der Waals surface area contributed by atoms with Crippen molar-refractivity contribution in [3.63, 3.8) is 0 Å². The van der Waals surface area contributed by atoms with Crippen LogP contribution in [0.1, 0.15) is 11.1 Å². The van der Waals surface area contributed by atoms with Gasteiger partial charge in [-0.25, -0.2) is 0 Å². The second-order valence-corrected chi connectivity index (χ2v) is 18.6. The summed E-state index contributed by atoms with van der Waals surface area (Å²) in [5, 5.41) is 5.37. The van der Waals surface area contributed by atoms with E-state index in [1.807, 2.05) is 13.1 Å². The van der Waals surface area contributed by atoms with Crippen molar-refractivity contribution in [2.24, 2.45) is 0 Å². The van der Waals surface area contributed by atoms with Crippen molar-refractivity contribution in [1.82, 2.24) is 0 Å². The van der Waals surface area contributed by atoms with Gasteiger partial charge in [0.15, 0.2) is 0 Å². The van der Waals surface area contributed by atoms with Gasteiger partial charge in [0.05, 0.1) is 0 Å². The number of halogens is 2. The van der Waals surface area contributed by atoms with E-state index in [2.05, 4.69) is 135 Å². The molecule has 6 aromatic rings. The summed E-state index contributed by atoms with van der Waals surface area (Å²) >= 11 is 10.9. The van der Waals surface area contributed by atoms with Crippen LogP contribution >= 0.6 is 22.2 Å². The largest absolute Gasteiger partial charge is 2.00 e. The van der Waals surface area contributed by atoms with Crippen LogP contribution in [0.2, 0.25) is 13.1 Å². The molecule has 0 radical (unpaired) electrons. The van der Waals surface area contributed by atoms with Gasteiger partial charge in [0.25, 0.3) is 0 Å². The maximum absolute atomic E-state index is 5.43. The van der Waals surface area contributed by atoms with Crippen molar-refractivity contribution in [2.75, 3.05) is 0 Å². The van der Waals surface area contributed by atoms with Crippen molar-refractivity contribution >= 4 is 50.4 Å². The third-order valence-electron chi connectivity index (χ3n) is 5.96. The van der Waals surface area contributed by atoms with Crippen molar-refractivity contribution in [3.05, 3.63) is 132 Å². The molecule has 6 aromatic carbocycles. The van der Waals surface area contributed by atoms with E-state index < -0.39 is 6.69 Å². The van der Waals surface area contributed by atoms with E-state index in [0.717, 1.165) is 0 Å². The van der Waals surface area contributed by atoms with Crippen molar-refractivity contribution < 1.29 is 26.2 Å². The molecule has 0 heterocycles. The average Bonchev–Trinajstić information content (AvgIpc) is 3.45. The minimum atomic E-state index is -1.67. The fourth-order valence-electron chi connectivity index (χ4n) is 4.51. The van der Waals surface area contributed by atoms with Gasteiger partial charge in [-0.2, -0.15) is 12.1 Å². The molecule has 0 atom stereocenters. The zero-order valence-corrected chi connectivity index (χ0v) is 27.3. The van der Waals surface area contributed by atoms with Gasteiger partial charge >= 0.3 is 26.2 Å². The number of hydrogen-bond donors (Lipinski definition) is 0. The van der Waals surface area contributed by atoms with Crippen LogP contribution in [-0.4, -0.2) is 6.69 Å². The molecular weight excluding hydrogens is 599 g/mol. The van der Waals surface area contributed by atoms with E-state index in [1.54, 1.807) is 0 Å². The summed E-state index contributed by atoms with van der Waals surface area (Å²) in [6.07, 6.45) is 0. The molecule has 0 fully saturated rings. The fourth-order valence-corrected chi connectivity index (χ4v) is 4.51. The SMILES string of the molecule is C[Si](C)(Cl)Cl.Cc1cc2c(-c3ccccc3)cccc2[cH-]1.Cc1cc2c(-c3ccccc3)cccc2[cH-]1.[Zr+2]. The summed E-state index contributed by atoms with van der Waals surface area (Å²) in [6.45, 7) is 6.34. The minimum Gasteiger partial charge on any atom is -0.165 e. The van der Waals surface area contributed by atoms with Gasteiger partial charge in [-0.05, 0) is 24.2 Å². The molecule has 6 rings (SSSR count). The third kappa shape index (κ3) is 8.39. The Morgan fingerprint density at radius 2 is 0.868 bits per heavy atom. The molecule has 0 spiro atoms. The summed E-state index contributed by atoms with van der Waals surface area (Å²) in [6, 6.07) is 43.1. The van der Waals surface area contributed by atoms with E-state index in [-0.39, 0.29) is 26.2 Å². The van der Waals surface area contributed by atoms with Gasteiger partial charge in [0.1, 0.15) is 0 Å². The zero-order chi connectivity index (χ0) is 26.4. The standard InChI is InChI=1S/2C16H13.C2H6Cl2Si.Zr/c2*1-12-10-14-8-5-9-15(16(14)11-12)13-6-3-2-4-7-13;1-5(2,3)4;/h2*2-11H,1H3;1-2H3;/q2*-1;;+2. The average molecular weight is 631 g/mol. The van der Waals surface area contributed by atoms with Gasteiger partial charge in [-0.1, -0.05) is 97.8 Å². The van der Waals surface area contributed by atoms with Gasteiger partial charge in [-0.15, -0.1) is 91.2 Å². The predicted molar refractivity (Wildman–Crippen MR) is 169 cm³/mol. The maximum atomic E-state index is 5.43. The molecule has 0 saturated heterocycles. The van der Waals surface area contributed by atoms with Crippen LogP contribution in [0.15, 0.2) is 121 Å². The van der Waals surface area contributed by atoms with Crippen LogP contribution in [0.25, 0.3) is 43.8 Å². The first kappa shape index (κ1) is 30.3. The van der Waals surface area contributed by atoms with Crippen molar-refractivity contribution in [2.45, 2.75) is 26.9 Å². The summed E-state index contributed by atoms with van der Waals surface area (Å²) < 4.78 is 0. The van der Waals surface area contributed by atoms with E-state index in [1.165, 1.54) is 54.9 Å². The molecule has 190 valence electrons. The number of aryl methyl sites for hydroxylation is 2. The number of rotatable bonds is 2. The Morgan fingerprint density at radius 3 is 1.21 bits per heavy atom. The summed E-state index contributed by atoms with van der Waals surface area (Å²) in [4.78, 5) is 0. The third-order valence-corrected chi connectivity index (χ3v) is 5.96. The summed E-state index contributed by atoms with van der Waals surface area (Å²) in [5.74, 6) is 0. The van der Waals surface area contributed by atoms with Gasteiger partial charge < -0.3 is 0 Å². The zero-order valence-electron chi connectivity index (χ0n) is 22.3. The molecule has 0 unspecified atom stereocenters. The number of fused-ring (bicyclic) bond motifs is 2. The normalized spacial score (nSPS) is 10.7. The Morgan fingerprint density at radius 1 is 0.526 bits per heavy atom. The quantitative estimate of drug-likeness (QED) is 0.101.